The van der Waals surface area contributed by atoms with Gasteiger partial charge in [-0.25, -0.2) is 0 Å². The Morgan fingerprint density at radius 2 is 1.58 bits per heavy atom. The Kier molecular flexibility index (Phi) is 2.91. The van der Waals surface area contributed by atoms with E-state index in [-0.39, 0.29) is 0 Å². The Labute approximate surface area is 116 Å². The largest absolute Gasteiger partial charge is 0.310 e. The van der Waals surface area contributed by atoms with Crippen LogP contribution in [0.1, 0.15) is 56.1 Å². The first kappa shape index (κ1) is 12.0. The fourth-order valence-corrected chi connectivity index (χ4v) is 4.77. The third-order valence-electron chi connectivity index (χ3n) is 6.01. The summed E-state index contributed by atoms with van der Waals surface area (Å²) in [7, 11) is 0. The van der Waals surface area contributed by atoms with E-state index < -0.39 is 0 Å². The summed E-state index contributed by atoms with van der Waals surface area (Å²) in [5.74, 6) is 0. The van der Waals surface area contributed by atoms with Gasteiger partial charge in [0.1, 0.15) is 0 Å². The van der Waals surface area contributed by atoms with Crippen molar-refractivity contribution in [1.29, 1.82) is 0 Å². The van der Waals surface area contributed by atoms with E-state index in [0.29, 0.717) is 11.5 Å². The maximum Gasteiger partial charge on any atom is 0.0151 e. The Hall–Kier alpha value is -0.820. The molecule has 4 rings (SSSR count). The lowest BCUT2D eigenvalue weighted by atomic mass is 9.57. The van der Waals surface area contributed by atoms with Crippen molar-refractivity contribution < 1.29 is 0 Å². The lowest BCUT2D eigenvalue weighted by molar-refractivity contribution is 0.0171. The van der Waals surface area contributed by atoms with Crippen molar-refractivity contribution in [3.8, 4) is 0 Å². The van der Waals surface area contributed by atoms with Crippen LogP contribution in [-0.4, -0.2) is 12.1 Å². The first-order valence-electron chi connectivity index (χ1n) is 8.19. The van der Waals surface area contributed by atoms with Gasteiger partial charge >= 0.3 is 0 Å². The third kappa shape index (κ3) is 2.03. The molecule has 1 spiro atoms. The minimum Gasteiger partial charge on any atom is -0.310 e. The lowest BCUT2D eigenvalue weighted by Crippen LogP contribution is -2.57. The van der Waals surface area contributed by atoms with E-state index in [1.807, 2.05) is 0 Å². The molecule has 3 aliphatic carbocycles. The normalized spacial score (nSPS) is 29.2. The van der Waals surface area contributed by atoms with Gasteiger partial charge in [-0.1, -0.05) is 43.5 Å². The summed E-state index contributed by atoms with van der Waals surface area (Å²) in [6.07, 6.45) is 12.8. The van der Waals surface area contributed by atoms with Crippen LogP contribution in [-0.2, 0) is 12.8 Å². The smallest absolute Gasteiger partial charge is 0.0151 e. The summed E-state index contributed by atoms with van der Waals surface area (Å²) in [6, 6.07) is 10.5. The average Bonchev–Trinajstić information content (AvgIpc) is 2.87. The van der Waals surface area contributed by atoms with Crippen LogP contribution in [0.15, 0.2) is 24.3 Å². The SMILES string of the molecule is c1ccc2c(c1)CC(NC1CCC13CCCCC3)C2. The molecule has 2 fully saturated rings. The van der Waals surface area contributed by atoms with Gasteiger partial charge in [-0.15, -0.1) is 0 Å². The molecule has 2 saturated carbocycles. The molecule has 19 heavy (non-hydrogen) atoms. The van der Waals surface area contributed by atoms with Gasteiger partial charge in [0.25, 0.3) is 0 Å². The second-order valence-corrected chi connectivity index (χ2v) is 7.05. The molecule has 0 aromatic heterocycles. The lowest BCUT2D eigenvalue weighted by Gasteiger charge is -2.53. The molecule has 0 amide bonds. The predicted molar refractivity (Wildman–Crippen MR) is 79.3 cm³/mol. The monoisotopic (exact) mass is 255 g/mol. The highest BCUT2D eigenvalue weighted by Crippen LogP contribution is 2.52. The Balaban J connectivity index is 1.41. The number of fused-ring (bicyclic) bond motifs is 1. The quantitative estimate of drug-likeness (QED) is 0.846. The Morgan fingerprint density at radius 1 is 0.895 bits per heavy atom. The molecule has 1 heteroatoms. The molecule has 0 aliphatic heterocycles. The van der Waals surface area contributed by atoms with Gasteiger partial charge < -0.3 is 5.32 Å². The summed E-state index contributed by atoms with van der Waals surface area (Å²) in [5, 5.41) is 4.02. The van der Waals surface area contributed by atoms with Gasteiger partial charge in [-0.3, -0.25) is 0 Å². The first-order valence-corrected chi connectivity index (χ1v) is 8.19. The van der Waals surface area contributed by atoms with Gasteiger partial charge in [0, 0.05) is 12.1 Å². The number of hydrogen-bond acceptors (Lipinski definition) is 1. The third-order valence-corrected chi connectivity index (χ3v) is 6.01. The van der Waals surface area contributed by atoms with Crippen molar-refractivity contribution >= 4 is 0 Å². The average molecular weight is 255 g/mol. The number of hydrogen-bond donors (Lipinski definition) is 1. The van der Waals surface area contributed by atoms with Gasteiger partial charge in [0.15, 0.2) is 0 Å². The van der Waals surface area contributed by atoms with Crippen LogP contribution >= 0.6 is 0 Å². The molecule has 1 aromatic carbocycles. The van der Waals surface area contributed by atoms with Gasteiger partial charge in [-0.2, -0.15) is 0 Å². The second-order valence-electron chi connectivity index (χ2n) is 7.05. The zero-order chi connectivity index (χ0) is 12.7. The van der Waals surface area contributed by atoms with Gasteiger partial charge in [0.05, 0.1) is 0 Å². The van der Waals surface area contributed by atoms with E-state index in [0.717, 1.165) is 6.04 Å². The molecule has 102 valence electrons. The standard InChI is InChI=1S/C18H25N/c1-4-9-18(10-5-1)11-8-17(18)19-16-12-14-6-2-3-7-15(14)13-16/h2-3,6-7,16-17,19H,1,4-5,8-13H2. The maximum absolute atomic E-state index is 4.02. The molecule has 0 saturated heterocycles. The van der Waals surface area contributed by atoms with Crippen LogP contribution in [0.4, 0.5) is 0 Å². The zero-order valence-corrected chi connectivity index (χ0v) is 11.8. The summed E-state index contributed by atoms with van der Waals surface area (Å²) < 4.78 is 0. The van der Waals surface area contributed by atoms with Crippen LogP contribution in [0.2, 0.25) is 0 Å². The maximum atomic E-state index is 4.02. The molecule has 1 N–H and O–H groups in total. The molecule has 1 atom stereocenters. The summed E-state index contributed by atoms with van der Waals surface area (Å²) >= 11 is 0. The molecular weight excluding hydrogens is 230 g/mol. The predicted octanol–water partition coefficient (Wildman–Crippen LogP) is 3.86. The van der Waals surface area contributed by atoms with E-state index in [2.05, 4.69) is 29.6 Å². The van der Waals surface area contributed by atoms with Gasteiger partial charge in [-0.05, 0) is 55.1 Å². The molecule has 0 radical (unpaired) electrons. The number of rotatable bonds is 2. The fourth-order valence-electron chi connectivity index (χ4n) is 4.77. The minimum absolute atomic E-state index is 0.701. The number of nitrogens with one attached hydrogen (secondary N) is 1. The summed E-state index contributed by atoms with van der Waals surface area (Å²) in [4.78, 5) is 0. The van der Waals surface area contributed by atoms with E-state index >= 15 is 0 Å². The molecule has 0 heterocycles. The van der Waals surface area contributed by atoms with Crippen molar-refractivity contribution in [2.45, 2.75) is 69.9 Å². The van der Waals surface area contributed by atoms with Crippen LogP contribution in [0, 0.1) is 5.41 Å². The molecule has 3 aliphatic rings. The Morgan fingerprint density at radius 3 is 2.16 bits per heavy atom. The summed E-state index contributed by atoms with van der Waals surface area (Å²) in [5.41, 5.74) is 3.86. The number of benzene rings is 1. The van der Waals surface area contributed by atoms with E-state index in [4.69, 9.17) is 0 Å². The molecule has 1 unspecified atom stereocenters. The van der Waals surface area contributed by atoms with Crippen LogP contribution in [0.5, 0.6) is 0 Å². The van der Waals surface area contributed by atoms with Gasteiger partial charge in [0.2, 0.25) is 0 Å². The zero-order valence-electron chi connectivity index (χ0n) is 11.8. The second kappa shape index (κ2) is 4.63. The van der Waals surface area contributed by atoms with Crippen LogP contribution < -0.4 is 5.32 Å². The van der Waals surface area contributed by atoms with Crippen LogP contribution in [0.3, 0.4) is 0 Å². The van der Waals surface area contributed by atoms with E-state index in [9.17, 15) is 0 Å². The Bertz CT molecular complexity index is 434. The van der Waals surface area contributed by atoms with Crippen molar-refractivity contribution in [2.75, 3.05) is 0 Å². The van der Waals surface area contributed by atoms with Crippen molar-refractivity contribution in [3.63, 3.8) is 0 Å². The van der Waals surface area contributed by atoms with Crippen molar-refractivity contribution in [3.05, 3.63) is 35.4 Å². The molecule has 0 bridgehead atoms. The molecule has 1 nitrogen and oxygen atoms in total. The van der Waals surface area contributed by atoms with Crippen molar-refractivity contribution in [2.24, 2.45) is 5.41 Å². The van der Waals surface area contributed by atoms with E-state index in [1.54, 1.807) is 11.1 Å². The highest BCUT2D eigenvalue weighted by atomic mass is 15.0. The fraction of sp³-hybridized carbons (Fsp3) is 0.667. The first-order chi connectivity index (χ1) is 9.36. The summed E-state index contributed by atoms with van der Waals surface area (Å²) in [6.45, 7) is 0. The van der Waals surface area contributed by atoms with Crippen molar-refractivity contribution in [1.82, 2.24) is 5.32 Å². The van der Waals surface area contributed by atoms with E-state index in [1.165, 1.54) is 57.8 Å². The highest BCUT2D eigenvalue weighted by Gasteiger charge is 2.47. The highest BCUT2D eigenvalue weighted by molar-refractivity contribution is 5.33. The topological polar surface area (TPSA) is 12.0 Å². The minimum atomic E-state index is 0.701. The molecular formula is C18H25N. The van der Waals surface area contributed by atoms with Crippen LogP contribution in [0.25, 0.3) is 0 Å². The molecule has 1 aromatic rings.